The van der Waals surface area contributed by atoms with E-state index in [1.54, 1.807) is 0 Å². The summed E-state index contributed by atoms with van der Waals surface area (Å²) in [5.74, 6) is 0.254. The summed E-state index contributed by atoms with van der Waals surface area (Å²) in [4.78, 5) is 14.0. The van der Waals surface area contributed by atoms with Crippen molar-refractivity contribution in [3.63, 3.8) is 0 Å². The molecule has 0 atom stereocenters. The quantitative estimate of drug-likeness (QED) is 0.791. The van der Waals surface area contributed by atoms with Gasteiger partial charge >= 0.3 is 0 Å². The van der Waals surface area contributed by atoms with Crippen molar-refractivity contribution >= 4 is 5.91 Å². The zero-order chi connectivity index (χ0) is 11.2. The Balaban J connectivity index is 1.60. The molecular formula is C13H24N2O. The minimum Gasteiger partial charge on any atom is -0.353 e. The van der Waals surface area contributed by atoms with Crippen LogP contribution in [0.2, 0.25) is 0 Å². The van der Waals surface area contributed by atoms with Crippen LogP contribution in [0.25, 0.3) is 0 Å². The molecule has 0 bridgehead atoms. The summed E-state index contributed by atoms with van der Waals surface area (Å²) in [5, 5.41) is 3.06. The van der Waals surface area contributed by atoms with Crippen molar-refractivity contribution in [2.45, 2.75) is 57.4 Å². The summed E-state index contributed by atoms with van der Waals surface area (Å²) in [6, 6.07) is 0.514. The molecule has 1 saturated carbocycles. The third kappa shape index (κ3) is 4.52. The predicted octanol–water partition coefficient (Wildman–Crippen LogP) is 1.92. The first-order chi connectivity index (χ1) is 7.84. The molecule has 0 aromatic rings. The van der Waals surface area contributed by atoms with E-state index in [-0.39, 0.29) is 5.91 Å². The molecule has 0 unspecified atom stereocenters. The Morgan fingerprint density at radius 1 is 1.06 bits per heavy atom. The van der Waals surface area contributed by atoms with E-state index < -0.39 is 0 Å². The SMILES string of the molecule is O=C(CCN1CCCCCCC1)NC1CC1. The monoisotopic (exact) mass is 224 g/mol. The number of nitrogens with zero attached hydrogens (tertiary/aromatic N) is 1. The summed E-state index contributed by atoms with van der Waals surface area (Å²) in [5.41, 5.74) is 0. The molecule has 1 N–H and O–H groups in total. The largest absolute Gasteiger partial charge is 0.353 e. The van der Waals surface area contributed by atoms with Crippen molar-refractivity contribution in [3.05, 3.63) is 0 Å². The number of carbonyl (C=O) groups excluding carboxylic acids is 1. The third-order valence-corrected chi connectivity index (χ3v) is 3.55. The van der Waals surface area contributed by atoms with Crippen LogP contribution in [0.4, 0.5) is 0 Å². The van der Waals surface area contributed by atoms with Crippen LogP contribution in [0.15, 0.2) is 0 Å². The molecule has 16 heavy (non-hydrogen) atoms. The lowest BCUT2D eigenvalue weighted by Crippen LogP contribution is -2.33. The van der Waals surface area contributed by atoms with Crippen molar-refractivity contribution in [2.75, 3.05) is 19.6 Å². The fraction of sp³-hybridized carbons (Fsp3) is 0.923. The molecule has 1 aliphatic heterocycles. The average Bonchev–Trinajstić information content (AvgIpc) is 3.00. The Morgan fingerprint density at radius 2 is 1.69 bits per heavy atom. The van der Waals surface area contributed by atoms with E-state index in [2.05, 4.69) is 10.2 Å². The first-order valence-corrected chi connectivity index (χ1v) is 6.86. The zero-order valence-electron chi connectivity index (χ0n) is 10.2. The second-order valence-corrected chi connectivity index (χ2v) is 5.20. The van der Waals surface area contributed by atoms with Gasteiger partial charge in [0, 0.05) is 19.0 Å². The van der Waals surface area contributed by atoms with Gasteiger partial charge < -0.3 is 10.2 Å². The Hall–Kier alpha value is -0.570. The van der Waals surface area contributed by atoms with E-state index in [0.717, 1.165) is 6.54 Å². The standard InChI is InChI=1S/C13H24N2O/c16-13(14-12-6-7-12)8-11-15-9-4-2-1-3-5-10-15/h12H,1-11H2,(H,14,16). The molecule has 2 fully saturated rings. The number of hydrogen-bond acceptors (Lipinski definition) is 2. The zero-order valence-corrected chi connectivity index (χ0v) is 10.2. The Kier molecular flexibility index (Phi) is 4.64. The van der Waals surface area contributed by atoms with E-state index in [1.165, 1.54) is 58.0 Å². The van der Waals surface area contributed by atoms with Crippen molar-refractivity contribution in [1.82, 2.24) is 10.2 Å². The van der Waals surface area contributed by atoms with Crippen LogP contribution in [0, 0.1) is 0 Å². The molecule has 2 aliphatic rings. The second kappa shape index (κ2) is 6.24. The number of likely N-dealkylation sites (tertiary alicyclic amines) is 1. The molecule has 1 saturated heterocycles. The number of hydrogen-bond donors (Lipinski definition) is 1. The molecule has 0 aromatic heterocycles. The first kappa shape index (κ1) is 11.9. The van der Waals surface area contributed by atoms with E-state index in [4.69, 9.17) is 0 Å². The van der Waals surface area contributed by atoms with Crippen LogP contribution in [0.5, 0.6) is 0 Å². The van der Waals surface area contributed by atoms with Gasteiger partial charge in [-0.3, -0.25) is 4.79 Å². The van der Waals surface area contributed by atoms with Gasteiger partial charge in [-0.2, -0.15) is 0 Å². The minimum atomic E-state index is 0.254. The molecule has 92 valence electrons. The van der Waals surface area contributed by atoms with Gasteiger partial charge in [-0.15, -0.1) is 0 Å². The van der Waals surface area contributed by atoms with Gasteiger partial charge in [0.1, 0.15) is 0 Å². The Morgan fingerprint density at radius 3 is 2.31 bits per heavy atom. The number of nitrogens with one attached hydrogen (secondary N) is 1. The van der Waals surface area contributed by atoms with Crippen LogP contribution in [0.1, 0.15) is 51.4 Å². The minimum absolute atomic E-state index is 0.254. The van der Waals surface area contributed by atoms with Crippen LogP contribution in [-0.2, 0) is 4.79 Å². The Labute approximate surface area is 98.6 Å². The highest BCUT2D eigenvalue weighted by atomic mass is 16.1. The molecule has 0 spiro atoms. The summed E-state index contributed by atoms with van der Waals surface area (Å²) < 4.78 is 0. The number of rotatable bonds is 4. The lowest BCUT2D eigenvalue weighted by Gasteiger charge is -2.24. The fourth-order valence-electron chi connectivity index (χ4n) is 2.32. The topological polar surface area (TPSA) is 32.3 Å². The van der Waals surface area contributed by atoms with Crippen LogP contribution in [-0.4, -0.2) is 36.5 Å². The molecule has 3 nitrogen and oxygen atoms in total. The molecule has 0 aromatic carbocycles. The van der Waals surface area contributed by atoms with E-state index in [0.29, 0.717) is 12.5 Å². The summed E-state index contributed by atoms with van der Waals surface area (Å²) in [7, 11) is 0. The fourth-order valence-corrected chi connectivity index (χ4v) is 2.32. The summed E-state index contributed by atoms with van der Waals surface area (Å²) in [6.07, 6.45) is 9.82. The van der Waals surface area contributed by atoms with Gasteiger partial charge in [-0.1, -0.05) is 19.3 Å². The maximum Gasteiger partial charge on any atom is 0.221 e. The highest BCUT2D eigenvalue weighted by Crippen LogP contribution is 2.18. The molecule has 1 heterocycles. The summed E-state index contributed by atoms with van der Waals surface area (Å²) in [6.45, 7) is 3.34. The van der Waals surface area contributed by atoms with Crippen LogP contribution < -0.4 is 5.32 Å². The van der Waals surface area contributed by atoms with E-state index >= 15 is 0 Å². The van der Waals surface area contributed by atoms with Gasteiger partial charge in [0.05, 0.1) is 0 Å². The van der Waals surface area contributed by atoms with Crippen LogP contribution in [0.3, 0.4) is 0 Å². The number of amides is 1. The molecule has 1 aliphatic carbocycles. The van der Waals surface area contributed by atoms with E-state index in [9.17, 15) is 4.79 Å². The van der Waals surface area contributed by atoms with Gasteiger partial charge in [0.2, 0.25) is 5.91 Å². The van der Waals surface area contributed by atoms with Gasteiger partial charge in [0.15, 0.2) is 0 Å². The molecule has 1 amide bonds. The third-order valence-electron chi connectivity index (χ3n) is 3.55. The van der Waals surface area contributed by atoms with E-state index in [1.807, 2.05) is 0 Å². The van der Waals surface area contributed by atoms with Gasteiger partial charge in [-0.05, 0) is 38.8 Å². The van der Waals surface area contributed by atoms with Crippen molar-refractivity contribution in [3.8, 4) is 0 Å². The summed E-state index contributed by atoms with van der Waals surface area (Å²) >= 11 is 0. The second-order valence-electron chi connectivity index (χ2n) is 5.20. The predicted molar refractivity (Wildman–Crippen MR) is 65.3 cm³/mol. The maximum absolute atomic E-state index is 11.6. The lowest BCUT2D eigenvalue weighted by atomic mass is 10.1. The van der Waals surface area contributed by atoms with Crippen molar-refractivity contribution < 1.29 is 4.79 Å². The van der Waals surface area contributed by atoms with Crippen molar-refractivity contribution in [1.29, 1.82) is 0 Å². The smallest absolute Gasteiger partial charge is 0.221 e. The highest BCUT2D eigenvalue weighted by molar-refractivity contribution is 5.76. The average molecular weight is 224 g/mol. The molecular weight excluding hydrogens is 200 g/mol. The lowest BCUT2D eigenvalue weighted by molar-refractivity contribution is -0.121. The van der Waals surface area contributed by atoms with Gasteiger partial charge in [-0.25, -0.2) is 0 Å². The number of carbonyl (C=O) groups is 1. The molecule has 0 radical (unpaired) electrons. The first-order valence-electron chi connectivity index (χ1n) is 6.86. The highest BCUT2D eigenvalue weighted by Gasteiger charge is 2.23. The van der Waals surface area contributed by atoms with Crippen LogP contribution >= 0.6 is 0 Å². The normalized spacial score (nSPS) is 23.5. The Bertz CT molecular complexity index is 218. The maximum atomic E-state index is 11.6. The molecule has 2 rings (SSSR count). The molecule has 3 heteroatoms. The van der Waals surface area contributed by atoms with Gasteiger partial charge in [0.25, 0.3) is 0 Å². The van der Waals surface area contributed by atoms with Crippen molar-refractivity contribution in [2.24, 2.45) is 0 Å².